The number of halogens is 3. The number of amides is 1. The Labute approximate surface area is 141 Å². The zero-order valence-electron chi connectivity index (χ0n) is 14.2. The highest BCUT2D eigenvalue weighted by Crippen LogP contribution is 2.18. The maximum absolute atomic E-state index is 12.1. The predicted molar refractivity (Wildman–Crippen MR) is 87.6 cm³/mol. The number of alkyl halides is 3. The molecule has 0 aromatic carbocycles. The lowest BCUT2D eigenvalue weighted by Gasteiger charge is -2.30. The van der Waals surface area contributed by atoms with Crippen LogP contribution in [0, 0.1) is 5.92 Å². The summed E-state index contributed by atoms with van der Waals surface area (Å²) in [6, 6.07) is 0. The molecular formula is C15H28F3N5O. The van der Waals surface area contributed by atoms with Crippen LogP contribution in [0.5, 0.6) is 0 Å². The molecule has 4 N–H and O–H groups in total. The van der Waals surface area contributed by atoms with Gasteiger partial charge in [-0.3, -0.25) is 9.79 Å². The van der Waals surface area contributed by atoms with E-state index in [1.165, 1.54) is 7.05 Å². The van der Waals surface area contributed by atoms with Gasteiger partial charge in [-0.25, -0.2) is 0 Å². The van der Waals surface area contributed by atoms with Crippen molar-refractivity contribution in [3.63, 3.8) is 0 Å². The second-order valence-electron chi connectivity index (χ2n) is 6.02. The van der Waals surface area contributed by atoms with Crippen molar-refractivity contribution in [2.45, 2.75) is 38.3 Å². The van der Waals surface area contributed by atoms with E-state index in [2.05, 4.69) is 20.5 Å². The molecule has 1 aliphatic heterocycles. The summed E-state index contributed by atoms with van der Waals surface area (Å²) in [5.41, 5.74) is 5.31. The Hall–Kier alpha value is -1.51. The monoisotopic (exact) mass is 351 g/mol. The van der Waals surface area contributed by atoms with Crippen LogP contribution in [0.25, 0.3) is 0 Å². The summed E-state index contributed by atoms with van der Waals surface area (Å²) in [5.74, 6) is 0.193. The van der Waals surface area contributed by atoms with Gasteiger partial charge in [0.15, 0.2) is 5.96 Å². The summed E-state index contributed by atoms with van der Waals surface area (Å²) >= 11 is 0. The molecule has 1 amide bonds. The van der Waals surface area contributed by atoms with Gasteiger partial charge in [-0.05, 0) is 45.3 Å². The fourth-order valence-corrected chi connectivity index (χ4v) is 2.65. The Kier molecular flexibility index (Phi) is 8.88. The van der Waals surface area contributed by atoms with Crippen LogP contribution >= 0.6 is 0 Å². The number of nitrogens with zero attached hydrogens (tertiary/aromatic N) is 2. The first-order valence-electron chi connectivity index (χ1n) is 8.35. The number of piperidine rings is 1. The molecule has 1 saturated heterocycles. The van der Waals surface area contributed by atoms with Crippen LogP contribution < -0.4 is 16.4 Å². The lowest BCUT2D eigenvalue weighted by atomic mass is 9.96. The molecule has 0 unspecified atom stereocenters. The first-order chi connectivity index (χ1) is 11.3. The Morgan fingerprint density at radius 1 is 1.21 bits per heavy atom. The van der Waals surface area contributed by atoms with Gasteiger partial charge in [0.25, 0.3) is 0 Å². The lowest BCUT2D eigenvalue weighted by molar-refractivity contribution is -0.132. The van der Waals surface area contributed by atoms with Crippen molar-refractivity contribution in [1.82, 2.24) is 15.5 Å². The van der Waals surface area contributed by atoms with Crippen molar-refractivity contribution in [2.75, 3.05) is 39.8 Å². The third-order valence-corrected chi connectivity index (χ3v) is 4.11. The number of unbranched alkanes of at least 4 members (excludes halogenated alkanes) is 1. The summed E-state index contributed by atoms with van der Waals surface area (Å²) in [4.78, 5) is 17.3. The predicted octanol–water partition coefficient (Wildman–Crippen LogP) is 1.08. The third kappa shape index (κ3) is 8.95. The maximum atomic E-state index is 12.1. The number of hydrogen-bond donors (Lipinski definition) is 3. The SMILES string of the molecule is CN=C(NCCCCN1CCC(C(N)=O)CC1)NCCC(F)(F)F. The van der Waals surface area contributed by atoms with Crippen LogP contribution in [0.3, 0.4) is 0 Å². The van der Waals surface area contributed by atoms with Gasteiger partial charge in [-0.15, -0.1) is 0 Å². The number of hydrogen-bond acceptors (Lipinski definition) is 3. The molecule has 0 aromatic heterocycles. The summed E-state index contributed by atoms with van der Waals surface area (Å²) in [7, 11) is 1.53. The van der Waals surface area contributed by atoms with Crippen molar-refractivity contribution >= 4 is 11.9 Å². The maximum Gasteiger partial charge on any atom is 0.390 e. The van der Waals surface area contributed by atoms with Crippen molar-refractivity contribution in [2.24, 2.45) is 16.6 Å². The topological polar surface area (TPSA) is 82.8 Å². The Morgan fingerprint density at radius 2 is 1.83 bits per heavy atom. The van der Waals surface area contributed by atoms with Gasteiger partial charge in [0.05, 0.1) is 6.42 Å². The highest BCUT2D eigenvalue weighted by atomic mass is 19.4. The molecule has 1 heterocycles. The lowest BCUT2D eigenvalue weighted by Crippen LogP contribution is -2.40. The van der Waals surface area contributed by atoms with Gasteiger partial charge in [0, 0.05) is 26.1 Å². The molecule has 6 nitrogen and oxygen atoms in total. The van der Waals surface area contributed by atoms with E-state index in [-0.39, 0.29) is 18.4 Å². The minimum Gasteiger partial charge on any atom is -0.369 e. The van der Waals surface area contributed by atoms with Gasteiger partial charge in [0.2, 0.25) is 5.91 Å². The molecular weight excluding hydrogens is 323 g/mol. The van der Waals surface area contributed by atoms with E-state index in [1.807, 2.05) is 0 Å². The largest absolute Gasteiger partial charge is 0.390 e. The van der Waals surface area contributed by atoms with E-state index >= 15 is 0 Å². The molecule has 1 rings (SSSR count). The van der Waals surface area contributed by atoms with Crippen LogP contribution in [0.4, 0.5) is 13.2 Å². The van der Waals surface area contributed by atoms with Gasteiger partial charge in [-0.1, -0.05) is 0 Å². The number of aliphatic imine (C=N–C) groups is 1. The smallest absolute Gasteiger partial charge is 0.369 e. The summed E-state index contributed by atoms with van der Waals surface area (Å²) < 4.78 is 36.2. The zero-order valence-corrected chi connectivity index (χ0v) is 14.2. The number of carbonyl (C=O) groups is 1. The number of nitrogens with two attached hydrogens (primary N) is 1. The summed E-state index contributed by atoms with van der Waals surface area (Å²) in [6.45, 7) is 3.21. The number of primary amides is 1. The molecule has 0 spiro atoms. The van der Waals surface area contributed by atoms with Crippen molar-refractivity contribution in [3.8, 4) is 0 Å². The minimum absolute atomic E-state index is 0.00835. The first kappa shape index (κ1) is 20.5. The summed E-state index contributed by atoms with van der Waals surface area (Å²) in [5, 5.41) is 5.65. The zero-order chi connectivity index (χ0) is 18.0. The van der Waals surface area contributed by atoms with E-state index in [1.54, 1.807) is 0 Å². The fraction of sp³-hybridized carbons (Fsp3) is 0.867. The van der Waals surface area contributed by atoms with Crippen LogP contribution in [-0.2, 0) is 4.79 Å². The van der Waals surface area contributed by atoms with Crippen molar-refractivity contribution < 1.29 is 18.0 Å². The molecule has 140 valence electrons. The molecule has 0 radical (unpaired) electrons. The highest BCUT2D eigenvalue weighted by Gasteiger charge is 2.26. The van der Waals surface area contributed by atoms with E-state index in [0.717, 1.165) is 45.3 Å². The Bertz CT molecular complexity index is 406. The summed E-state index contributed by atoms with van der Waals surface area (Å²) in [6.07, 6.45) is -1.51. The normalized spacial score (nSPS) is 17.8. The Balaban J connectivity index is 2.05. The van der Waals surface area contributed by atoms with Crippen LogP contribution in [-0.4, -0.2) is 62.7 Å². The first-order valence-corrected chi connectivity index (χ1v) is 8.35. The van der Waals surface area contributed by atoms with Crippen LogP contribution in [0.1, 0.15) is 32.1 Å². The molecule has 24 heavy (non-hydrogen) atoms. The quantitative estimate of drug-likeness (QED) is 0.347. The van der Waals surface area contributed by atoms with E-state index in [4.69, 9.17) is 5.73 Å². The molecule has 9 heteroatoms. The van der Waals surface area contributed by atoms with Crippen molar-refractivity contribution in [3.05, 3.63) is 0 Å². The molecule has 1 fully saturated rings. The number of nitrogens with one attached hydrogen (secondary N) is 2. The molecule has 1 aliphatic rings. The minimum atomic E-state index is -4.16. The fourth-order valence-electron chi connectivity index (χ4n) is 2.65. The number of guanidine groups is 1. The van der Waals surface area contributed by atoms with Gasteiger partial charge in [0.1, 0.15) is 0 Å². The highest BCUT2D eigenvalue weighted by molar-refractivity contribution is 5.79. The number of likely N-dealkylation sites (tertiary alicyclic amines) is 1. The van der Waals surface area contributed by atoms with Crippen molar-refractivity contribution in [1.29, 1.82) is 0 Å². The second-order valence-corrected chi connectivity index (χ2v) is 6.02. The molecule has 0 aromatic rings. The number of carbonyl (C=O) groups excluding carboxylic acids is 1. The van der Waals surface area contributed by atoms with Gasteiger partial charge < -0.3 is 21.3 Å². The standard InChI is InChI=1S/C15H28F3N5O/c1-20-14(22-8-6-15(16,17)18)21-7-2-3-9-23-10-4-12(5-11-23)13(19)24/h12H,2-11H2,1H3,(H2,19,24)(H2,20,21,22). The number of rotatable bonds is 8. The van der Waals surface area contributed by atoms with E-state index in [9.17, 15) is 18.0 Å². The van der Waals surface area contributed by atoms with E-state index in [0.29, 0.717) is 12.5 Å². The van der Waals surface area contributed by atoms with Gasteiger partial charge in [-0.2, -0.15) is 13.2 Å². The third-order valence-electron chi connectivity index (χ3n) is 4.11. The van der Waals surface area contributed by atoms with Crippen LogP contribution in [0.15, 0.2) is 4.99 Å². The van der Waals surface area contributed by atoms with Crippen LogP contribution in [0.2, 0.25) is 0 Å². The molecule has 0 bridgehead atoms. The second kappa shape index (κ2) is 10.4. The van der Waals surface area contributed by atoms with E-state index < -0.39 is 12.6 Å². The average Bonchev–Trinajstić information content (AvgIpc) is 2.52. The molecule has 0 aliphatic carbocycles. The molecule has 0 saturated carbocycles. The average molecular weight is 351 g/mol. The van der Waals surface area contributed by atoms with Gasteiger partial charge >= 0.3 is 6.18 Å². The Morgan fingerprint density at radius 3 is 2.38 bits per heavy atom. The molecule has 0 atom stereocenters.